The van der Waals surface area contributed by atoms with Crippen LogP contribution in [0.2, 0.25) is 0 Å². The Hall–Kier alpha value is -1.09. The van der Waals surface area contributed by atoms with Crippen molar-refractivity contribution in [2.24, 2.45) is 5.73 Å². The van der Waals surface area contributed by atoms with Gasteiger partial charge in [0.2, 0.25) is 0 Å². The normalized spacial score (nSPS) is 9.46. The summed E-state index contributed by atoms with van der Waals surface area (Å²) in [6.45, 7) is 4.12. The molecule has 0 atom stereocenters. The zero-order valence-electron chi connectivity index (χ0n) is 7.74. The Labute approximate surface area is 84.3 Å². The molecule has 0 saturated carbocycles. The highest BCUT2D eigenvalue weighted by molar-refractivity contribution is 5.94. The summed E-state index contributed by atoms with van der Waals surface area (Å²) in [6, 6.07) is 3.82. The highest BCUT2D eigenvalue weighted by Gasteiger charge is 2.08. The van der Waals surface area contributed by atoms with E-state index in [2.05, 4.69) is 18.8 Å². The molecule has 0 unspecified atom stereocenters. The maximum absolute atomic E-state index is 7.28. The lowest BCUT2D eigenvalue weighted by Crippen LogP contribution is -2.16. The molecule has 0 aliphatic carbocycles. The predicted octanol–water partition coefficient (Wildman–Crippen LogP) is 1.91. The Morgan fingerprint density at radius 2 is 2.15 bits per heavy atom. The van der Waals surface area contributed by atoms with E-state index in [0.717, 1.165) is 5.56 Å². The van der Waals surface area contributed by atoms with Crippen LogP contribution in [-0.2, 0) is 0 Å². The number of aromatic nitrogens is 1. The first-order valence-corrected chi connectivity index (χ1v) is 3.92. The first-order valence-electron chi connectivity index (χ1n) is 3.92. The summed E-state index contributed by atoms with van der Waals surface area (Å²) in [6.07, 6.45) is 1.66. The molecule has 3 N–H and O–H groups in total. The van der Waals surface area contributed by atoms with Crippen LogP contribution in [0.3, 0.4) is 0 Å². The molecule has 1 rings (SSSR count). The Balaban J connectivity index is 0.00000144. The van der Waals surface area contributed by atoms with Gasteiger partial charge in [0.05, 0.1) is 0 Å². The minimum absolute atomic E-state index is 0. The van der Waals surface area contributed by atoms with Crippen LogP contribution < -0.4 is 5.73 Å². The van der Waals surface area contributed by atoms with Gasteiger partial charge in [0.15, 0.2) is 0 Å². The van der Waals surface area contributed by atoms with Crippen molar-refractivity contribution < 1.29 is 0 Å². The number of nitrogens with one attached hydrogen (secondary N) is 1. The number of nitrogen functional groups attached to an aromatic ring is 1. The third-order valence-electron chi connectivity index (χ3n) is 1.72. The lowest BCUT2D eigenvalue weighted by molar-refractivity contribution is 0.853. The van der Waals surface area contributed by atoms with E-state index in [4.69, 9.17) is 11.1 Å². The van der Waals surface area contributed by atoms with E-state index in [1.807, 2.05) is 12.1 Å². The Kier molecular flexibility index (Phi) is 4.42. The largest absolute Gasteiger partial charge is 0.382 e. The number of rotatable bonds is 2. The van der Waals surface area contributed by atoms with Crippen LogP contribution in [-0.4, -0.2) is 10.8 Å². The van der Waals surface area contributed by atoms with E-state index in [1.54, 1.807) is 6.20 Å². The highest BCUT2D eigenvalue weighted by Crippen LogP contribution is 2.16. The number of amidine groups is 1. The van der Waals surface area contributed by atoms with Crippen LogP contribution in [0.15, 0.2) is 18.3 Å². The van der Waals surface area contributed by atoms with E-state index in [-0.39, 0.29) is 18.2 Å². The van der Waals surface area contributed by atoms with Crippen LogP contribution in [0.5, 0.6) is 0 Å². The van der Waals surface area contributed by atoms with Gasteiger partial charge < -0.3 is 5.73 Å². The molecule has 0 aliphatic heterocycles. The van der Waals surface area contributed by atoms with Gasteiger partial charge in [0, 0.05) is 6.20 Å². The van der Waals surface area contributed by atoms with Crippen LogP contribution >= 0.6 is 12.4 Å². The van der Waals surface area contributed by atoms with Gasteiger partial charge >= 0.3 is 0 Å². The van der Waals surface area contributed by atoms with Gasteiger partial charge in [-0.25, -0.2) is 0 Å². The Morgan fingerprint density at radius 1 is 1.54 bits per heavy atom. The maximum atomic E-state index is 7.28. The summed E-state index contributed by atoms with van der Waals surface area (Å²) in [7, 11) is 0. The fourth-order valence-corrected chi connectivity index (χ4v) is 1.11. The third kappa shape index (κ3) is 2.70. The van der Waals surface area contributed by atoms with Gasteiger partial charge in [-0.15, -0.1) is 12.4 Å². The topological polar surface area (TPSA) is 62.8 Å². The number of nitrogens with two attached hydrogens (primary N) is 1. The molecule has 0 amide bonds. The van der Waals surface area contributed by atoms with Crippen molar-refractivity contribution in [1.29, 1.82) is 5.41 Å². The number of halogens is 1. The fraction of sp³-hybridized carbons (Fsp3) is 0.333. The molecule has 0 aliphatic rings. The lowest BCUT2D eigenvalue weighted by atomic mass is 10.0. The van der Waals surface area contributed by atoms with Crippen LogP contribution in [0.1, 0.15) is 31.0 Å². The first-order chi connectivity index (χ1) is 5.63. The summed E-state index contributed by atoms with van der Waals surface area (Å²) in [4.78, 5) is 4.05. The molecule has 1 heterocycles. The predicted molar refractivity (Wildman–Crippen MR) is 56.6 cm³/mol. The van der Waals surface area contributed by atoms with Crippen molar-refractivity contribution in [3.63, 3.8) is 0 Å². The third-order valence-corrected chi connectivity index (χ3v) is 1.72. The van der Waals surface area contributed by atoms with E-state index < -0.39 is 0 Å². The van der Waals surface area contributed by atoms with Crippen molar-refractivity contribution in [2.45, 2.75) is 19.8 Å². The molecule has 3 nitrogen and oxygen atoms in total. The molecule has 72 valence electrons. The molecule has 0 spiro atoms. The summed E-state index contributed by atoms with van der Waals surface area (Å²) < 4.78 is 0. The summed E-state index contributed by atoms with van der Waals surface area (Å²) in [5.41, 5.74) is 7.01. The number of hydrogen-bond acceptors (Lipinski definition) is 2. The number of nitrogens with zero attached hydrogens (tertiary/aromatic N) is 1. The SMILES string of the molecule is CC(C)c1cccnc1C(=N)N.Cl. The van der Waals surface area contributed by atoms with Crippen LogP contribution in [0.25, 0.3) is 0 Å². The minimum atomic E-state index is 0. The zero-order valence-corrected chi connectivity index (χ0v) is 8.56. The average Bonchev–Trinajstić information content (AvgIpc) is 2.04. The second-order valence-corrected chi connectivity index (χ2v) is 3.01. The average molecular weight is 200 g/mol. The van der Waals surface area contributed by atoms with Crippen molar-refractivity contribution in [3.05, 3.63) is 29.6 Å². The van der Waals surface area contributed by atoms with E-state index >= 15 is 0 Å². The molecule has 0 fully saturated rings. The van der Waals surface area contributed by atoms with Crippen molar-refractivity contribution in [2.75, 3.05) is 0 Å². The summed E-state index contributed by atoms with van der Waals surface area (Å²) in [5, 5.41) is 7.28. The standard InChI is InChI=1S/C9H13N3.ClH/c1-6(2)7-4-3-5-12-8(7)9(10)11;/h3-6H,1-2H3,(H3,10,11);1H. The minimum Gasteiger partial charge on any atom is -0.382 e. The van der Waals surface area contributed by atoms with E-state index in [0.29, 0.717) is 11.6 Å². The molecular weight excluding hydrogens is 186 g/mol. The number of hydrogen-bond donors (Lipinski definition) is 2. The van der Waals surface area contributed by atoms with Crippen LogP contribution in [0.4, 0.5) is 0 Å². The van der Waals surface area contributed by atoms with Gasteiger partial charge in [0.25, 0.3) is 0 Å². The van der Waals surface area contributed by atoms with Crippen LogP contribution in [0, 0.1) is 5.41 Å². The summed E-state index contributed by atoms with van der Waals surface area (Å²) in [5.74, 6) is 0.400. The highest BCUT2D eigenvalue weighted by atomic mass is 35.5. The van der Waals surface area contributed by atoms with Crippen molar-refractivity contribution in [3.8, 4) is 0 Å². The molecule has 0 aromatic carbocycles. The fourth-order valence-electron chi connectivity index (χ4n) is 1.11. The molecule has 13 heavy (non-hydrogen) atoms. The molecule has 4 heteroatoms. The molecule has 1 aromatic rings. The van der Waals surface area contributed by atoms with Gasteiger partial charge in [-0.2, -0.15) is 0 Å². The van der Waals surface area contributed by atoms with Crippen molar-refractivity contribution >= 4 is 18.2 Å². The van der Waals surface area contributed by atoms with Crippen molar-refractivity contribution in [1.82, 2.24) is 4.98 Å². The van der Waals surface area contributed by atoms with Gasteiger partial charge in [0.1, 0.15) is 11.5 Å². The van der Waals surface area contributed by atoms with Gasteiger partial charge in [-0.3, -0.25) is 10.4 Å². The van der Waals surface area contributed by atoms with E-state index in [9.17, 15) is 0 Å². The second kappa shape index (κ2) is 4.82. The van der Waals surface area contributed by atoms with Gasteiger partial charge in [-0.1, -0.05) is 19.9 Å². The molecule has 1 aromatic heterocycles. The smallest absolute Gasteiger partial charge is 0.142 e. The molecule has 0 bridgehead atoms. The maximum Gasteiger partial charge on any atom is 0.142 e. The Morgan fingerprint density at radius 3 is 2.54 bits per heavy atom. The quantitative estimate of drug-likeness (QED) is 0.565. The molecule has 0 radical (unpaired) electrons. The molecular formula is C9H14ClN3. The second-order valence-electron chi connectivity index (χ2n) is 3.01. The molecule has 0 saturated heterocycles. The lowest BCUT2D eigenvalue weighted by Gasteiger charge is -2.09. The van der Waals surface area contributed by atoms with E-state index in [1.165, 1.54) is 0 Å². The van der Waals surface area contributed by atoms with Gasteiger partial charge in [-0.05, 0) is 17.5 Å². The Bertz CT molecular complexity index is 297. The summed E-state index contributed by atoms with van der Waals surface area (Å²) >= 11 is 0. The first kappa shape index (κ1) is 11.9. The monoisotopic (exact) mass is 199 g/mol. The zero-order chi connectivity index (χ0) is 9.14. The number of pyridine rings is 1.